The fraction of sp³-hybridized carbons (Fsp3) is 0.273. The molecule has 4 rings (SSSR count). The first-order valence-corrected chi connectivity index (χ1v) is 12.5. The maximum atomic E-state index is 12.9. The standard InChI is InChI=1S/C22H22BrN3O3S/c1-30(28,29)18-11-9-15(10-12-18)14-24-22(27)21-19-7-2-3-8-20(19)26(25-21)17-6-4-5-16(23)13-17/h4-6,9-13H,2-3,7-8,14H2,1H3,(H,24,27). The average molecular weight is 488 g/mol. The highest BCUT2D eigenvalue weighted by atomic mass is 79.9. The number of nitrogens with zero attached hydrogens (tertiary/aromatic N) is 2. The number of aromatic nitrogens is 2. The molecule has 156 valence electrons. The van der Waals surface area contributed by atoms with Crippen LogP contribution < -0.4 is 5.32 Å². The fourth-order valence-electron chi connectivity index (χ4n) is 3.72. The molecule has 8 heteroatoms. The quantitative estimate of drug-likeness (QED) is 0.592. The minimum atomic E-state index is -3.23. The van der Waals surface area contributed by atoms with Crippen molar-refractivity contribution in [3.63, 3.8) is 0 Å². The van der Waals surface area contributed by atoms with Crippen molar-refractivity contribution in [3.05, 3.63) is 75.5 Å². The maximum absolute atomic E-state index is 12.9. The average Bonchev–Trinajstić information content (AvgIpc) is 3.11. The van der Waals surface area contributed by atoms with E-state index in [0.29, 0.717) is 12.2 Å². The number of hydrogen-bond acceptors (Lipinski definition) is 4. The zero-order valence-electron chi connectivity index (χ0n) is 16.6. The third-order valence-electron chi connectivity index (χ3n) is 5.25. The lowest BCUT2D eigenvalue weighted by Crippen LogP contribution is -2.24. The molecule has 1 heterocycles. The van der Waals surface area contributed by atoms with E-state index in [1.54, 1.807) is 24.3 Å². The summed E-state index contributed by atoms with van der Waals surface area (Å²) in [6.07, 6.45) is 5.05. The SMILES string of the molecule is CS(=O)(=O)c1ccc(CNC(=O)c2nn(-c3cccc(Br)c3)c3c2CCCC3)cc1. The van der Waals surface area contributed by atoms with E-state index in [0.717, 1.165) is 52.7 Å². The summed E-state index contributed by atoms with van der Waals surface area (Å²) >= 11 is 3.50. The predicted molar refractivity (Wildman–Crippen MR) is 119 cm³/mol. The lowest BCUT2D eigenvalue weighted by Gasteiger charge is -2.14. The zero-order valence-corrected chi connectivity index (χ0v) is 19.0. The Bertz CT molecular complexity index is 1200. The normalized spacial score (nSPS) is 13.7. The Morgan fingerprint density at radius 2 is 1.87 bits per heavy atom. The molecule has 30 heavy (non-hydrogen) atoms. The molecule has 0 spiro atoms. The summed E-state index contributed by atoms with van der Waals surface area (Å²) in [5.41, 5.74) is 4.35. The first-order chi connectivity index (χ1) is 14.3. The number of halogens is 1. The second-order valence-corrected chi connectivity index (χ2v) is 10.4. The number of rotatable bonds is 5. The van der Waals surface area contributed by atoms with Crippen LogP contribution in [0.15, 0.2) is 57.9 Å². The first kappa shape index (κ1) is 20.8. The molecular formula is C22H22BrN3O3S. The van der Waals surface area contributed by atoms with E-state index < -0.39 is 9.84 Å². The lowest BCUT2D eigenvalue weighted by molar-refractivity contribution is 0.0944. The Morgan fingerprint density at radius 3 is 2.57 bits per heavy atom. The molecule has 1 aromatic heterocycles. The summed E-state index contributed by atoms with van der Waals surface area (Å²) in [7, 11) is -3.23. The molecule has 0 bridgehead atoms. The van der Waals surface area contributed by atoms with Gasteiger partial charge in [-0.05, 0) is 61.6 Å². The van der Waals surface area contributed by atoms with Gasteiger partial charge in [0.25, 0.3) is 5.91 Å². The Hall–Kier alpha value is -2.45. The number of carbonyl (C=O) groups excluding carboxylic acids is 1. The summed E-state index contributed by atoms with van der Waals surface area (Å²) in [6.45, 7) is 0.307. The topological polar surface area (TPSA) is 81.1 Å². The van der Waals surface area contributed by atoms with Gasteiger partial charge < -0.3 is 5.32 Å². The van der Waals surface area contributed by atoms with Crippen molar-refractivity contribution in [1.29, 1.82) is 0 Å². The summed E-state index contributed by atoms with van der Waals surface area (Å²) in [4.78, 5) is 13.2. The third-order valence-corrected chi connectivity index (χ3v) is 6.87. The number of nitrogens with one attached hydrogen (secondary N) is 1. The van der Waals surface area contributed by atoms with Crippen molar-refractivity contribution in [3.8, 4) is 5.69 Å². The van der Waals surface area contributed by atoms with Gasteiger partial charge in [0, 0.05) is 28.5 Å². The smallest absolute Gasteiger partial charge is 0.272 e. The van der Waals surface area contributed by atoms with Crippen molar-refractivity contribution in [2.24, 2.45) is 0 Å². The van der Waals surface area contributed by atoms with Crippen molar-refractivity contribution in [2.45, 2.75) is 37.1 Å². The van der Waals surface area contributed by atoms with Crippen LogP contribution in [0.2, 0.25) is 0 Å². The highest BCUT2D eigenvalue weighted by Gasteiger charge is 2.25. The molecule has 1 N–H and O–H groups in total. The van der Waals surface area contributed by atoms with Crippen LogP contribution in [-0.2, 0) is 29.2 Å². The Balaban J connectivity index is 1.57. The second-order valence-electron chi connectivity index (χ2n) is 7.47. The van der Waals surface area contributed by atoms with Crippen LogP contribution in [0.4, 0.5) is 0 Å². The van der Waals surface area contributed by atoms with Crippen molar-refractivity contribution >= 4 is 31.7 Å². The zero-order chi connectivity index (χ0) is 21.3. The van der Waals surface area contributed by atoms with E-state index in [1.165, 1.54) is 6.26 Å². The Morgan fingerprint density at radius 1 is 1.13 bits per heavy atom. The summed E-state index contributed by atoms with van der Waals surface area (Å²) in [5.74, 6) is -0.214. The highest BCUT2D eigenvalue weighted by Crippen LogP contribution is 2.28. The van der Waals surface area contributed by atoms with Crippen molar-refractivity contribution in [2.75, 3.05) is 6.26 Å². The fourth-order valence-corrected chi connectivity index (χ4v) is 4.74. The molecule has 0 saturated carbocycles. The number of carbonyl (C=O) groups is 1. The van der Waals surface area contributed by atoms with E-state index in [-0.39, 0.29) is 10.8 Å². The van der Waals surface area contributed by atoms with Crippen LogP contribution in [0, 0.1) is 0 Å². The van der Waals surface area contributed by atoms with Crippen LogP contribution in [0.5, 0.6) is 0 Å². The molecule has 6 nitrogen and oxygen atoms in total. The molecule has 0 unspecified atom stereocenters. The summed E-state index contributed by atoms with van der Waals surface area (Å²) < 4.78 is 26.0. The van der Waals surface area contributed by atoms with Gasteiger partial charge in [-0.3, -0.25) is 4.79 Å². The van der Waals surface area contributed by atoms with E-state index >= 15 is 0 Å². The van der Waals surface area contributed by atoms with Gasteiger partial charge in [0.2, 0.25) is 0 Å². The monoisotopic (exact) mass is 487 g/mol. The van der Waals surface area contributed by atoms with E-state index in [4.69, 9.17) is 0 Å². The predicted octanol–water partition coefficient (Wildman–Crippen LogP) is 3.85. The molecule has 0 aliphatic heterocycles. The van der Waals surface area contributed by atoms with E-state index in [1.807, 2.05) is 28.9 Å². The molecule has 0 radical (unpaired) electrons. The Kier molecular flexibility index (Phi) is 5.79. The molecule has 0 fully saturated rings. The van der Waals surface area contributed by atoms with Crippen LogP contribution >= 0.6 is 15.9 Å². The number of benzene rings is 2. The minimum absolute atomic E-state index is 0.214. The molecular weight excluding hydrogens is 466 g/mol. The van der Waals surface area contributed by atoms with Crippen molar-refractivity contribution < 1.29 is 13.2 Å². The van der Waals surface area contributed by atoms with Gasteiger partial charge in [-0.1, -0.05) is 34.1 Å². The van der Waals surface area contributed by atoms with Gasteiger partial charge in [0.1, 0.15) is 0 Å². The van der Waals surface area contributed by atoms with Gasteiger partial charge in [-0.15, -0.1) is 0 Å². The molecule has 2 aromatic carbocycles. The molecule has 0 atom stereocenters. The van der Waals surface area contributed by atoms with Gasteiger partial charge in [0.05, 0.1) is 10.6 Å². The lowest BCUT2D eigenvalue weighted by atomic mass is 9.95. The van der Waals surface area contributed by atoms with Crippen molar-refractivity contribution in [1.82, 2.24) is 15.1 Å². The summed E-state index contributed by atoms with van der Waals surface area (Å²) in [6, 6.07) is 14.4. The second kappa shape index (κ2) is 8.35. The van der Waals surface area contributed by atoms with Gasteiger partial charge >= 0.3 is 0 Å². The minimum Gasteiger partial charge on any atom is -0.347 e. The molecule has 3 aromatic rings. The largest absolute Gasteiger partial charge is 0.347 e. The van der Waals surface area contributed by atoms with E-state index in [9.17, 15) is 13.2 Å². The van der Waals surface area contributed by atoms with Crippen LogP contribution in [0.25, 0.3) is 5.69 Å². The van der Waals surface area contributed by atoms with Gasteiger partial charge in [-0.2, -0.15) is 5.10 Å². The first-order valence-electron chi connectivity index (χ1n) is 9.77. The Labute approximate surface area is 184 Å². The molecule has 1 amide bonds. The molecule has 1 aliphatic rings. The number of hydrogen-bond donors (Lipinski definition) is 1. The van der Waals surface area contributed by atoms with Crippen LogP contribution in [-0.4, -0.2) is 30.4 Å². The van der Waals surface area contributed by atoms with Crippen LogP contribution in [0.3, 0.4) is 0 Å². The van der Waals surface area contributed by atoms with Gasteiger partial charge in [-0.25, -0.2) is 13.1 Å². The van der Waals surface area contributed by atoms with Crippen LogP contribution in [0.1, 0.15) is 40.2 Å². The summed E-state index contributed by atoms with van der Waals surface area (Å²) in [5, 5.41) is 7.59. The number of amides is 1. The molecule has 1 aliphatic carbocycles. The number of fused-ring (bicyclic) bond motifs is 1. The highest BCUT2D eigenvalue weighted by molar-refractivity contribution is 9.10. The van der Waals surface area contributed by atoms with Gasteiger partial charge in [0.15, 0.2) is 15.5 Å². The molecule has 0 saturated heterocycles. The number of sulfone groups is 1. The third kappa shape index (κ3) is 4.34. The maximum Gasteiger partial charge on any atom is 0.272 e. The van der Waals surface area contributed by atoms with E-state index in [2.05, 4.69) is 26.3 Å².